The van der Waals surface area contributed by atoms with Gasteiger partial charge in [0.05, 0.1) is 17.4 Å². The van der Waals surface area contributed by atoms with E-state index in [-0.39, 0.29) is 17.4 Å². The Kier molecular flexibility index (Phi) is 11.5. The molecular formula is C34H34N2O7S. The molecule has 4 aromatic carbocycles. The summed E-state index contributed by atoms with van der Waals surface area (Å²) in [7, 11) is 0. The van der Waals surface area contributed by atoms with Crippen molar-refractivity contribution in [1.29, 1.82) is 0 Å². The molecule has 1 fully saturated rings. The Hall–Kier alpha value is -4.67. The number of amides is 1. The molecule has 1 aliphatic rings. The highest BCUT2D eigenvalue weighted by molar-refractivity contribution is 7.97. The summed E-state index contributed by atoms with van der Waals surface area (Å²) in [5.41, 5.74) is 3.30. The number of carbonyl (C=O) groups is 2. The maximum atomic E-state index is 12.6. The van der Waals surface area contributed by atoms with Crippen molar-refractivity contribution in [2.45, 2.75) is 56.6 Å². The van der Waals surface area contributed by atoms with E-state index in [0.717, 1.165) is 31.4 Å². The zero-order chi connectivity index (χ0) is 31.5. The summed E-state index contributed by atoms with van der Waals surface area (Å²) >= 11 is 1.72. The second-order valence-electron chi connectivity index (χ2n) is 10.5. The highest BCUT2D eigenvalue weighted by Gasteiger charge is 2.22. The number of hydrogen-bond donors (Lipinski definition) is 3. The van der Waals surface area contributed by atoms with E-state index in [4.69, 9.17) is 19.4 Å². The third-order valence-electron chi connectivity index (χ3n) is 7.38. The van der Waals surface area contributed by atoms with Crippen molar-refractivity contribution in [3.05, 3.63) is 123 Å². The van der Waals surface area contributed by atoms with Crippen molar-refractivity contribution in [3.8, 4) is 17.2 Å². The lowest BCUT2D eigenvalue weighted by molar-refractivity contribution is 0.0698. The Bertz CT molecular complexity index is 1550. The quantitative estimate of drug-likeness (QED) is 0.152. The fourth-order valence-electron chi connectivity index (χ4n) is 4.79. The number of benzene rings is 4. The molecule has 0 spiro atoms. The van der Waals surface area contributed by atoms with Crippen molar-refractivity contribution in [2.24, 2.45) is 0 Å². The van der Waals surface area contributed by atoms with Gasteiger partial charge in [0.2, 0.25) is 0 Å². The molecule has 10 heteroatoms. The number of rotatable bonds is 10. The molecule has 0 bridgehead atoms. The van der Waals surface area contributed by atoms with Gasteiger partial charge in [-0.15, -0.1) is 0 Å². The van der Waals surface area contributed by atoms with Crippen LogP contribution in [0.3, 0.4) is 0 Å². The van der Waals surface area contributed by atoms with Crippen molar-refractivity contribution < 1.29 is 24.2 Å². The van der Waals surface area contributed by atoms with Gasteiger partial charge in [-0.05, 0) is 135 Å². The van der Waals surface area contributed by atoms with Crippen LogP contribution in [-0.4, -0.2) is 29.1 Å². The van der Waals surface area contributed by atoms with Gasteiger partial charge in [0.1, 0.15) is 17.2 Å². The molecule has 3 N–H and O–H groups in total. The first-order valence-corrected chi connectivity index (χ1v) is 15.0. The Morgan fingerprint density at radius 2 is 1.39 bits per heavy atom. The first-order chi connectivity index (χ1) is 21.3. The van der Waals surface area contributed by atoms with E-state index in [1.54, 1.807) is 54.4 Å². The zero-order valence-corrected chi connectivity index (χ0v) is 25.3. The van der Waals surface area contributed by atoms with Gasteiger partial charge < -0.3 is 19.9 Å². The highest BCUT2D eigenvalue weighted by Crippen LogP contribution is 2.29. The minimum absolute atomic E-state index is 0.0333. The van der Waals surface area contributed by atoms with Crippen molar-refractivity contribution >= 4 is 29.5 Å². The fourth-order valence-corrected chi connectivity index (χ4v) is 5.70. The third-order valence-corrected chi connectivity index (χ3v) is 8.32. The summed E-state index contributed by atoms with van der Waals surface area (Å²) in [6.45, 7) is 4.28. The molecule has 9 nitrogen and oxygen atoms in total. The predicted molar refractivity (Wildman–Crippen MR) is 173 cm³/mol. The molecule has 1 amide bonds. The molecule has 0 heterocycles. The summed E-state index contributed by atoms with van der Waals surface area (Å²) in [6, 6.07) is 27.6. The number of nitrogens with one attached hydrogen (secondary N) is 2. The van der Waals surface area contributed by atoms with Gasteiger partial charge >= 0.3 is 5.97 Å². The number of hydrogen-bond acceptors (Lipinski definition) is 8. The van der Waals surface area contributed by atoms with Crippen LogP contribution in [-0.2, 0) is 0 Å². The number of carboxylic acid groups (broad SMARTS) is 1. The molecule has 0 radical (unpaired) electrons. The number of ether oxygens (including phenoxy) is 2. The lowest BCUT2D eigenvalue weighted by Gasteiger charge is -2.29. The van der Waals surface area contributed by atoms with E-state index in [9.17, 15) is 14.7 Å². The first-order valence-electron chi connectivity index (χ1n) is 14.2. The normalized spacial score (nSPS) is 15.8. The van der Waals surface area contributed by atoms with Crippen LogP contribution < -0.4 is 19.5 Å². The average Bonchev–Trinajstić information content (AvgIpc) is 3.04. The highest BCUT2D eigenvalue weighted by atomic mass is 32.2. The van der Waals surface area contributed by atoms with E-state index in [0.29, 0.717) is 23.1 Å². The summed E-state index contributed by atoms with van der Waals surface area (Å²) in [6.07, 6.45) is 4.35. The molecule has 0 saturated heterocycles. The van der Waals surface area contributed by atoms with Crippen molar-refractivity contribution in [3.63, 3.8) is 0 Å². The molecular weight excluding hydrogens is 580 g/mol. The van der Waals surface area contributed by atoms with Crippen LogP contribution in [0.25, 0.3) is 0 Å². The Balaban J connectivity index is 0.00000216. The second-order valence-corrected chi connectivity index (χ2v) is 11.4. The Morgan fingerprint density at radius 1 is 0.773 bits per heavy atom. The summed E-state index contributed by atoms with van der Waals surface area (Å²) in [4.78, 5) is 39.3. The number of anilines is 1. The summed E-state index contributed by atoms with van der Waals surface area (Å²) in [5, 5.41) is 12.0. The molecule has 0 atom stereocenters. The number of carboxylic acids is 1. The molecule has 44 heavy (non-hydrogen) atoms. The number of aryl methyl sites for hydroxylation is 2. The van der Waals surface area contributed by atoms with Gasteiger partial charge in [0, 0.05) is 26.4 Å². The minimum Gasteiger partial charge on any atom is -0.490 e. The summed E-state index contributed by atoms with van der Waals surface area (Å²) in [5.74, 6) is 0.551. The first kappa shape index (κ1) is 32.2. The number of aromatic carboxylic acids is 1. The maximum Gasteiger partial charge on any atom is 0.337 e. The van der Waals surface area contributed by atoms with Crippen LogP contribution in [0.4, 0.5) is 5.69 Å². The Morgan fingerprint density at radius 3 is 2.02 bits per heavy atom. The molecule has 0 aromatic heterocycles. The average molecular weight is 615 g/mol. The third kappa shape index (κ3) is 8.92. The van der Waals surface area contributed by atoms with Crippen LogP contribution in [0.5, 0.6) is 17.2 Å². The second kappa shape index (κ2) is 15.7. The monoisotopic (exact) mass is 614 g/mol. The van der Waals surface area contributed by atoms with Gasteiger partial charge in [-0.25, -0.2) is 4.79 Å². The van der Waals surface area contributed by atoms with E-state index in [1.807, 2.05) is 24.3 Å². The van der Waals surface area contributed by atoms with Crippen LogP contribution in [0.15, 0.2) is 95.9 Å². The lowest BCUT2D eigenvalue weighted by Crippen LogP contribution is -2.33. The topological polar surface area (TPSA) is 131 Å². The molecule has 0 aliphatic heterocycles. The molecule has 0 unspecified atom stereocenters. The van der Waals surface area contributed by atoms with Crippen molar-refractivity contribution in [2.75, 3.05) is 5.32 Å². The molecule has 228 valence electrons. The molecule has 5 rings (SSSR count). The molecule has 4 aromatic rings. The van der Waals surface area contributed by atoms with Gasteiger partial charge in [-0.1, -0.05) is 18.2 Å². The van der Waals surface area contributed by atoms with Gasteiger partial charge in [0.25, 0.3) is 5.91 Å². The van der Waals surface area contributed by atoms with Crippen LogP contribution in [0, 0.1) is 23.8 Å². The van der Waals surface area contributed by atoms with E-state index in [2.05, 4.69) is 42.1 Å². The molecule has 1 aliphatic carbocycles. The lowest BCUT2D eigenvalue weighted by atomic mass is 9.94. The van der Waals surface area contributed by atoms with Crippen molar-refractivity contribution in [1.82, 2.24) is 4.72 Å². The summed E-state index contributed by atoms with van der Waals surface area (Å²) < 4.78 is 15.8. The molecule has 1 saturated carbocycles. The SMILES string of the molecule is Cc1ccc(SNC2CCC(Oc3ccc(Oc4ccc(C(=O)Nc5ccccc5C(=O)O)cc4)cc3)CC2)cc1C.O=O. The smallest absolute Gasteiger partial charge is 0.337 e. The van der Waals surface area contributed by atoms with Gasteiger partial charge in [-0.3, -0.25) is 9.52 Å². The predicted octanol–water partition coefficient (Wildman–Crippen LogP) is 8.10. The van der Waals surface area contributed by atoms with Gasteiger partial charge in [0.15, 0.2) is 0 Å². The standard InChI is InChI=1S/C34H34N2O5S.O2/c1-22-7-20-30(21-23(22)2)42-36-25-10-14-27(15-11-25)41-29-18-16-28(17-19-29)40-26-12-8-24(9-13-26)33(37)35-32-6-4-3-5-31(32)34(38)39;1-2/h3-9,12-13,16-21,25,27,36H,10-11,14-15H2,1-2H3,(H,35,37)(H,38,39);. The number of para-hydroxylation sites is 1. The fraction of sp³-hybridized carbons (Fsp3) is 0.235. The van der Waals surface area contributed by atoms with E-state index in [1.165, 1.54) is 22.1 Å². The maximum absolute atomic E-state index is 12.6. The Labute approximate surface area is 260 Å². The minimum atomic E-state index is -1.10. The zero-order valence-electron chi connectivity index (χ0n) is 24.4. The van der Waals surface area contributed by atoms with Crippen LogP contribution in [0.2, 0.25) is 0 Å². The largest absolute Gasteiger partial charge is 0.490 e. The van der Waals surface area contributed by atoms with Crippen LogP contribution >= 0.6 is 11.9 Å². The van der Waals surface area contributed by atoms with E-state index < -0.39 is 11.9 Å². The van der Waals surface area contributed by atoms with Crippen LogP contribution in [0.1, 0.15) is 57.5 Å². The number of carbonyl (C=O) groups excluding carboxylic acids is 1. The van der Waals surface area contributed by atoms with E-state index >= 15 is 0 Å². The van der Waals surface area contributed by atoms with Gasteiger partial charge in [-0.2, -0.15) is 0 Å².